The van der Waals surface area contributed by atoms with Crippen molar-refractivity contribution in [2.24, 2.45) is 0 Å². The molecule has 0 spiro atoms. The van der Waals surface area contributed by atoms with E-state index in [9.17, 15) is 14.0 Å². The zero-order chi connectivity index (χ0) is 14.7. The molecule has 20 heavy (non-hydrogen) atoms. The first-order chi connectivity index (χ1) is 9.49. The summed E-state index contributed by atoms with van der Waals surface area (Å²) in [5.74, 6) is -0.828. The van der Waals surface area contributed by atoms with Gasteiger partial charge in [0.15, 0.2) is 0 Å². The second kappa shape index (κ2) is 6.39. The number of likely N-dealkylation sites (tertiary alicyclic amines) is 1. The minimum absolute atomic E-state index is 0.0392. The van der Waals surface area contributed by atoms with Crippen LogP contribution >= 0.6 is 0 Å². The molecular weight excluding hydrogens is 265 g/mol. The van der Waals surface area contributed by atoms with E-state index in [0.717, 1.165) is 12.8 Å². The number of carbonyl (C=O) groups excluding carboxylic acids is 1. The SMILES string of the molecule is CCN(CC(=O)O)C1CC(NC(=O)N2CCC(F)C2)C1. The van der Waals surface area contributed by atoms with Crippen LogP contribution in [0.5, 0.6) is 0 Å². The van der Waals surface area contributed by atoms with E-state index in [1.807, 2.05) is 11.8 Å². The van der Waals surface area contributed by atoms with Crippen molar-refractivity contribution in [1.82, 2.24) is 15.1 Å². The lowest BCUT2D eigenvalue weighted by Gasteiger charge is -2.42. The Morgan fingerprint density at radius 1 is 1.45 bits per heavy atom. The number of halogens is 1. The first-order valence-corrected chi connectivity index (χ1v) is 7.15. The number of rotatable bonds is 5. The highest BCUT2D eigenvalue weighted by Gasteiger charge is 2.36. The molecule has 7 heteroatoms. The summed E-state index contributed by atoms with van der Waals surface area (Å²) >= 11 is 0. The topological polar surface area (TPSA) is 72.9 Å². The Bertz CT molecular complexity index is 374. The summed E-state index contributed by atoms with van der Waals surface area (Å²) in [6.07, 6.45) is 1.05. The fourth-order valence-corrected chi connectivity index (χ4v) is 2.84. The van der Waals surface area contributed by atoms with Gasteiger partial charge in [0, 0.05) is 18.6 Å². The van der Waals surface area contributed by atoms with Crippen LogP contribution in [0.3, 0.4) is 0 Å². The Hall–Kier alpha value is -1.37. The van der Waals surface area contributed by atoms with E-state index >= 15 is 0 Å². The molecule has 2 rings (SSSR count). The van der Waals surface area contributed by atoms with Crippen molar-refractivity contribution >= 4 is 12.0 Å². The minimum atomic E-state index is -0.902. The zero-order valence-corrected chi connectivity index (χ0v) is 11.7. The van der Waals surface area contributed by atoms with Crippen molar-refractivity contribution in [3.63, 3.8) is 0 Å². The van der Waals surface area contributed by atoms with Gasteiger partial charge in [-0.3, -0.25) is 9.69 Å². The number of amides is 2. The van der Waals surface area contributed by atoms with Gasteiger partial charge in [-0.2, -0.15) is 0 Å². The van der Waals surface area contributed by atoms with Crippen LogP contribution in [-0.4, -0.2) is 71.3 Å². The van der Waals surface area contributed by atoms with Crippen LogP contribution in [-0.2, 0) is 4.79 Å². The van der Waals surface area contributed by atoms with Gasteiger partial charge in [-0.1, -0.05) is 6.92 Å². The maximum Gasteiger partial charge on any atom is 0.317 e. The molecule has 1 saturated carbocycles. The van der Waals surface area contributed by atoms with Crippen molar-refractivity contribution in [2.75, 3.05) is 26.2 Å². The van der Waals surface area contributed by atoms with E-state index in [-0.39, 0.29) is 31.2 Å². The molecule has 2 aliphatic rings. The Morgan fingerprint density at radius 2 is 2.15 bits per heavy atom. The lowest BCUT2D eigenvalue weighted by atomic mass is 9.85. The number of carbonyl (C=O) groups is 2. The van der Waals surface area contributed by atoms with Gasteiger partial charge in [-0.05, 0) is 25.8 Å². The molecule has 1 aliphatic heterocycles. The number of nitrogens with zero attached hydrogens (tertiary/aromatic N) is 2. The molecule has 1 aliphatic carbocycles. The molecule has 2 N–H and O–H groups in total. The van der Waals surface area contributed by atoms with Crippen LogP contribution in [0.2, 0.25) is 0 Å². The number of nitrogens with one attached hydrogen (secondary N) is 1. The molecule has 2 fully saturated rings. The van der Waals surface area contributed by atoms with Crippen molar-refractivity contribution in [2.45, 2.75) is 44.4 Å². The Balaban J connectivity index is 1.70. The number of aliphatic carboxylic acids is 1. The van der Waals surface area contributed by atoms with Crippen LogP contribution in [0.4, 0.5) is 9.18 Å². The smallest absolute Gasteiger partial charge is 0.317 e. The van der Waals surface area contributed by atoms with Crippen molar-refractivity contribution in [3.8, 4) is 0 Å². The first kappa shape index (κ1) is 15.0. The Labute approximate surface area is 117 Å². The summed E-state index contributed by atoms with van der Waals surface area (Å²) in [5.41, 5.74) is 0. The molecule has 0 aromatic rings. The average molecular weight is 287 g/mol. The van der Waals surface area contributed by atoms with E-state index in [4.69, 9.17) is 5.11 Å². The third-order valence-corrected chi connectivity index (χ3v) is 4.12. The van der Waals surface area contributed by atoms with Crippen molar-refractivity contribution in [3.05, 3.63) is 0 Å². The standard InChI is InChI=1S/C13H22FN3O3/c1-2-16(8-12(18)19)11-5-10(6-11)15-13(20)17-4-3-9(14)7-17/h9-11H,2-8H2,1H3,(H,15,20)(H,18,19). The number of hydrogen-bond donors (Lipinski definition) is 2. The van der Waals surface area contributed by atoms with Crippen LogP contribution in [0.25, 0.3) is 0 Å². The lowest BCUT2D eigenvalue weighted by molar-refractivity contribution is -0.139. The maximum atomic E-state index is 13.0. The molecule has 0 bridgehead atoms. The second-order valence-corrected chi connectivity index (χ2v) is 5.56. The van der Waals surface area contributed by atoms with Crippen molar-refractivity contribution < 1.29 is 19.1 Å². The number of carboxylic acids is 1. The van der Waals surface area contributed by atoms with E-state index in [1.165, 1.54) is 4.90 Å². The van der Waals surface area contributed by atoms with E-state index < -0.39 is 12.1 Å². The maximum absolute atomic E-state index is 13.0. The number of carboxylic acid groups (broad SMARTS) is 1. The normalized spacial score (nSPS) is 29.4. The van der Waals surface area contributed by atoms with Gasteiger partial charge in [0.2, 0.25) is 0 Å². The fraction of sp³-hybridized carbons (Fsp3) is 0.846. The molecule has 0 aromatic heterocycles. The number of alkyl halides is 1. The summed E-state index contributed by atoms with van der Waals surface area (Å²) in [4.78, 5) is 26.0. The Morgan fingerprint density at radius 3 is 2.65 bits per heavy atom. The predicted octanol–water partition coefficient (Wildman–Crippen LogP) is 0.677. The molecule has 1 heterocycles. The summed E-state index contributed by atoms with van der Waals surface area (Å²) in [6, 6.07) is 0.0952. The largest absolute Gasteiger partial charge is 0.480 e. The zero-order valence-electron chi connectivity index (χ0n) is 11.7. The highest BCUT2D eigenvalue weighted by molar-refractivity contribution is 5.75. The average Bonchev–Trinajstić information content (AvgIpc) is 2.77. The highest BCUT2D eigenvalue weighted by Crippen LogP contribution is 2.26. The van der Waals surface area contributed by atoms with E-state index in [0.29, 0.717) is 19.5 Å². The molecular formula is C13H22FN3O3. The lowest BCUT2D eigenvalue weighted by Crippen LogP contribution is -2.56. The van der Waals surface area contributed by atoms with Crippen LogP contribution in [0.1, 0.15) is 26.2 Å². The molecule has 0 aromatic carbocycles. The van der Waals surface area contributed by atoms with Gasteiger partial charge in [0.1, 0.15) is 6.17 Å². The fourth-order valence-electron chi connectivity index (χ4n) is 2.84. The van der Waals surface area contributed by atoms with Gasteiger partial charge < -0.3 is 15.3 Å². The van der Waals surface area contributed by atoms with Crippen molar-refractivity contribution in [1.29, 1.82) is 0 Å². The van der Waals surface area contributed by atoms with Gasteiger partial charge in [-0.25, -0.2) is 9.18 Å². The van der Waals surface area contributed by atoms with Gasteiger partial charge in [0.05, 0.1) is 13.1 Å². The molecule has 2 amide bonds. The Kier molecular flexibility index (Phi) is 4.80. The number of likely N-dealkylation sites (N-methyl/N-ethyl adjacent to an activating group) is 1. The molecule has 114 valence electrons. The number of hydrogen-bond acceptors (Lipinski definition) is 3. The van der Waals surface area contributed by atoms with Crippen LogP contribution in [0.15, 0.2) is 0 Å². The second-order valence-electron chi connectivity index (χ2n) is 5.56. The quantitative estimate of drug-likeness (QED) is 0.780. The highest BCUT2D eigenvalue weighted by atomic mass is 19.1. The monoisotopic (exact) mass is 287 g/mol. The van der Waals surface area contributed by atoms with Crippen LogP contribution < -0.4 is 5.32 Å². The van der Waals surface area contributed by atoms with E-state index in [2.05, 4.69) is 5.32 Å². The summed E-state index contributed by atoms with van der Waals surface area (Å²) < 4.78 is 13.0. The third-order valence-electron chi connectivity index (χ3n) is 4.12. The third kappa shape index (κ3) is 3.59. The molecule has 1 unspecified atom stereocenters. The number of urea groups is 1. The van der Waals surface area contributed by atoms with Gasteiger partial charge >= 0.3 is 12.0 Å². The van der Waals surface area contributed by atoms with E-state index in [1.54, 1.807) is 0 Å². The molecule has 1 atom stereocenters. The van der Waals surface area contributed by atoms with Gasteiger partial charge in [0.25, 0.3) is 0 Å². The summed E-state index contributed by atoms with van der Waals surface area (Å²) in [5, 5.41) is 11.7. The summed E-state index contributed by atoms with van der Waals surface area (Å²) in [7, 11) is 0. The molecule has 1 saturated heterocycles. The van der Waals surface area contributed by atoms with Crippen LogP contribution in [0, 0.1) is 0 Å². The first-order valence-electron chi connectivity index (χ1n) is 7.15. The molecule has 6 nitrogen and oxygen atoms in total. The minimum Gasteiger partial charge on any atom is -0.480 e. The summed E-state index contributed by atoms with van der Waals surface area (Å²) in [6.45, 7) is 3.32. The van der Waals surface area contributed by atoms with Gasteiger partial charge in [-0.15, -0.1) is 0 Å². The molecule has 0 radical (unpaired) electrons. The predicted molar refractivity (Wildman–Crippen MR) is 71.3 cm³/mol.